The summed E-state index contributed by atoms with van der Waals surface area (Å²) in [7, 11) is -6.00. The number of halogens is 4. The quantitative estimate of drug-likeness (QED) is 0.183. The van der Waals surface area contributed by atoms with Crippen molar-refractivity contribution < 1.29 is 21.8 Å². The molecule has 0 saturated carbocycles. The summed E-state index contributed by atoms with van der Waals surface area (Å²) >= 11 is 0. The average Bonchev–Trinajstić information content (AvgIpc) is 3.10. The maximum Gasteiger partial charge on any atom is 0.673 e. The van der Waals surface area contributed by atoms with E-state index < -0.39 is 7.25 Å². The summed E-state index contributed by atoms with van der Waals surface area (Å²) in [5, 5.41) is 2.51. The smallest absolute Gasteiger partial charge is 0.418 e. The molecule has 0 aliphatic rings. The van der Waals surface area contributed by atoms with Crippen LogP contribution in [0.3, 0.4) is 0 Å². The molecule has 0 aliphatic carbocycles. The van der Waals surface area contributed by atoms with E-state index in [1.807, 2.05) is 0 Å². The predicted molar refractivity (Wildman–Crippen MR) is 112 cm³/mol. The van der Waals surface area contributed by atoms with Crippen molar-refractivity contribution in [3.8, 4) is 11.4 Å². The molecule has 4 aromatic carbocycles. The molecule has 0 saturated heterocycles. The second-order valence-electron chi connectivity index (χ2n) is 6.71. The van der Waals surface area contributed by atoms with Crippen molar-refractivity contribution in [2.45, 2.75) is 0 Å². The van der Waals surface area contributed by atoms with Gasteiger partial charge in [-0.15, -0.1) is 0 Å². The van der Waals surface area contributed by atoms with Gasteiger partial charge in [-0.25, -0.2) is 0 Å². The van der Waals surface area contributed by atoms with Crippen LogP contribution in [0.15, 0.2) is 103 Å². The second kappa shape index (κ2) is 8.03. The predicted octanol–water partition coefficient (Wildman–Crippen LogP) is 6.36. The highest BCUT2D eigenvalue weighted by Crippen LogP contribution is 2.24. The number of para-hydroxylation sites is 2. The van der Waals surface area contributed by atoms with Gasteiger partial charge >= 0.3 is 7.25 Å². The minimum Gasteiger partial charge on any atom is -0.418 e. The summed E-state index contributed by atoms with van der Waals surface area (Å²) in [6.45, 7) is 0. The maximum atomic E-state index is 9.75. The lowest BCUT2D eigenvalue weighted by Gasteiger charge is -1.99. The van der Waals surface area contributed by atoms with E-state index in [0.717, 1.165) is 11.4 Å². The molecule has 7 heteroatoms. The molecule has 0 atom stereocenters. The second-order valence-corrected chi connectivity index (χ2v) is 6.71. The molecule has 5 rings (SSSR count). The van der Waals surface area contributed by atoms with Crippen LogP contribution < -0.4 is 4.57 Å². The third-order valence-corrected chi connectivity index (χ3v) is 4.66. The van der Waals surface area contributed by atoms with E-state index in [1.54, 1.807) is 0 Å². The molecule has 0 N–H and O–H groups in total. The molecule has 0 radical (unpaired) electrons. The van der Waals surface area contributed by atoms with E-state index in [0.29, 0.717) is 0 Å². The molecule has 0 aliphatic heterocycles. The minimum atomic E-state index is -6.00. The lowest BCUT2D eigenvalue weighted by Crippen LogP contribution is -2.28. The number of aromatic nitrogens is 2. The summed E-state index contributed by atoms with van der Waals surface area (Å²) < 4.78 is 43.5. The first-order valence-electron chi connectivity index (χ1n) is 9.34. The van der Waals surface area contributed by atoms with Gasteiger partial charge in [0.2, 0.25) is 0 Å². The largest absolute Gasteiger partial charge is 0.673 e. The Morgan fingerprint density at radius 1 is 0.633 bits per heavy atom. The summed E-state index contributed by atoms with van der Waals surface area (Å²) in [6.07, 6.45) is 2.17. The van der Waals surface area contributed by atoms with E-state index in [4.69, 9.17) is 0 Å². The molecule has 0 spiro atoms. The minimum absolute atomic E-state index is 1.16. The van der Waals surface area contributed by atoms with Gasteiger partial charge in [0.1, 0.15) is 11.4 Å². The van der Waals surface area contributed by atoms with Crippen molar-refractivity contribution in [3.05, 3.63) is 103 Å². The maximum absolute atomic E-state index is 9.75. The van der Waals surface area contributed by atoms with Crippen molar-refractivity contribution in [1.82, 2.24) is 4.57 Å². The Morgan fingerprint density at radius 3 is 1.73 bits per heavy atom. The monoisotopic (exact) mass is 408 g/mol. The van der Waals surface area contributed by atoms with Gasteiger partial charge in [-0.3, -0.25) is 0 Å². The van der Waals surface area contributed by atoms with E-state index in [1.165, 1.54) is 21.8 Å². The van der Waals surface area contributed by atoms with Crippen LogP contribution in [0.5, 0.6) is 0 Å². The molecule has 0 bridgehead atoms. The third kappa shape index (κ3) is 4.35. The van der Waals surface area contributed by atoms with Crippen LogP contribution in [0.25, 0.3) is 33.2 Å². The first kappa shape index (κ1) is 19.7. The van der Waals surface area contributed by atoms with Crippen molar-refractivity contribution in [2.24, 2.45) is 0 Å². The summed E-state index contributed by atoms with van der Waals surface area (Å²) in [4.78, 5) is 0. The zero-order chi connectivity index (χ0) is 21.1. The van der Waals surface area contributed by atoms with E-state index in [2.05, 4.69) is 113 Å². The highest BCUT2D eigenvalue weighted by molar-refractivity contribution is 6.50. The average molecular weight is 408 g/mol. The molecule has 150 valence electrons. The molecule has 2 nitrogen and oxygen atoms in total. The molecule has 1 heterocycles. The van der Waals surface area contributed by atoms with Gasteiger partial charge < -0.3 is 17.3 Å². The van der Waals surface area contributed by atoms with E-state index in [9.17, 15) is 17.3 Å². The van der Waals surface area contributed by atoms with E-state index >= 15 is 0 Å². The number of imidazole rings is 1. The molecule has 30 heavy (non-hydrogen) atoms. The lowest BCUT2D eigenvalue weighted by atomic mass is 10.1. The molecule has 0 amide bonds. The zero-order valence-corrected chi connectivity index (χ0v) is 15.8. The molecule has 0 unspecified atom stereocenters. The third-order valence-electron chi connectivity index (χ3n) is 4.66. The standard InChI is InChI=1S/C23H17N2.BF4/c1-3-11-20(12-4-1)24-17-25(21-13-5-2-6-14-21)23-16-19-10-8-7-9-18(19)15-22(23)24;2-1(3,4)5/h1-17H;/q+1;-1. The van der Waals surface area contributed by atoms with Gasteiger partial charge in [-0.05, 0) is 47.2 Å². The van der Waals surface area contributed by atoms with Gasteiger partial charge in [0.15, 0.2) is 11.0 Å². The van der Waals surface area contributed by atoms with Gasteiger partial charge in [-0.1, -0.05) is 60.7 Å². The lowest BCUT2D eigenvalue weighted by molar-refractivity contribution is -0.567. The van der Waals surface area contributed by atoms with Crippen LogP contribution >= 0.6 is 0 Å². The number of nitrogens with zero attached hydrogens (tertiary/aromatic N) is 2. The van der Waals surface area contributed by atoms with E-state index in [-0.39, 0.29) is 0 Å². The van der Waals surface area contributed by atoms with Gasteiger partial charge in [0.05, 0.1) is 0 Å². The number of fused-ring (bicyclic) bond motifs is 2. The summed E-state index contributed by atoms with van der Waals surface area (Å²) in [5.41, 5.74) is 4.73. The SMILES string of the molecule is F[B-](F)(F)F.c1ccc(-n2c[n+](-c3ccccc3)c3cc4ccccc4cc32)cc1. The highest BCUT2D eigenvalue weighted by atomic mass is 19.5. The Kier molecular flexibility index (Phi) is 5.27. The molecular weight excluding hydrogens is 391 g/mol. The first-order chi connectivity index (χ1) is 14.4. The topological polar surface area (TPSA) is 8.81 Å². The Bertz CT molecular complexity index is 1180. The van der Waals surface area contributed by atoms with Crippen molar-refractivity contribution in [2.75, 3.05) is 0 Å². The first-order valence-corrected chi connectivity index (χ1v) is 9.34. The highest BCUT2D eigenvalue weighted by Gasteiger charge is 2.21. The van der Waals surface area contributed by atoms with Crippen molar-refractivity contribution in [1.29, 1.82) is 0 Å². The molecular formula is C23H17BF4N2. The number of benzene rings is 4. The fourth-order valence-corrected chi connectivity index (χ4v) is 3.43. The molecule has 0 fully saturated rings. The molecule has 5 aromatic rings. The van der Waals surface area contributed by atoms with Crippen LogP contribution in [0.2, 0.25) is 0 Å². The van der Waals surface area contributed by atoms with Crippen LogP contribution in [0, 0.1) is 0 Å². The number of rotatable bonds is 2. The zero-order valence-electron chi connectivity index (χ0n) is 15.8. The fourth-order valence-electron chi connectivity index (χ4n) is 3.43. The Balaban J connectivity index is 0.000000393. The van der Waals surface area contributed by atoms with Crippen LogP contribution in [-0.2, 0) is 0 Å². The van der Waals surface area contributed by atoms with Crippen LogP contribution in [-0.4, -0.2) is 11.8 Å². The summed E-state index contributed by atoms with van der Waals surface area (Å²) in [5.74, 6) is 0. The Hall–Kier alpha value is -3.61. The normalized spacial score (nSPS) is 11.3. The van der Waals surface area contributed by atoms with Gasteiger partial charge in [0, 0.05) is 0 Å². The fraction of sp³-hybridized carbons (Fsp3) is 0. The van der Waals surface area contributed by atoms with Crippen molar-refractivity contribution >= 4 is 29.1 Å². The van der Waals surface area contributed by atoms with Gasteiger partial charge in [0.25, 0.3) is 6.33 Å². The van der Waals surface area contributed by atoms with Crippen LogP contribution in [0.1, 0.15) is 0 Å². The Labute approximate surface area is 170 Å². The number of hydrogen-bond acceptors (Lipinski definition) is 0. The Morgan fingerprint density at radius 2 is 1.13 bits per heavy atom. The molecule has 1 aromatic heterocycles. The van der Waals surface area contributed by atoms with Crippen molar-refractivity contribution in [3.63, 3.8) is 0 Å². The van der Waals surface area contributed by atoms with Gasteiger partial charge in [-0.2, -0.15) is 9.13 Å². The number of hydrogen-bond donors (Lipinski definition) is 0. The van der Waals surface area contributed by atoms with Crippen LogP contribution in [0.4, 0.5) is 17.3 Å². The summed E-state index contributed by atoms with van der Waals surface area (Å²) in [6, 6.07) is 34.1.